The van der Waals surface area contributed by atoms with Gasteiger partial charge in [0.1, 0.15) is 0 Å². The van der Waals surface area contributed by atoms with E-state index in [1.165, 1.54) is 16.0 Å². The van der Waals surface area contributed by atoms with Crippen LogP contribution in [-0.4, -0.2) is 41.7 Å². The molecule has 0 saturated carbocycles. The predicted octanol–water partition coefficient (Wildman–Crippen LogP) is 2.62. The second-order valence-corrected chi connectivity index (χ2v) is 5.80. The molecule has 23 heavy (non-hydrogen) atoms. The van der Waals surface area contributed by atoms with E-state index in [2.05, 4.69) is 4.98 Å². The van der Waals surface area contributed by atoms with Gasteiger partial charge in [-0.15, -0.1) is 11.8 Å². The average Bonchev–Trinajstić information content (AvgIpc) is 2.60. The molecule has 0 aliphatic heterocycles. The number of hydrogen-bond acceptors (Lipinski definition) is 5. The van der Waals surface area contributed by atoms with E-state index in [-0.39, 0.29) is 12.5 Å². The van der Waals surface area contributed by atoms with Crippen LogP contribution in [0.15, 0.2) is 53.7 Å². The van der Waals surface area contributed by atoms with Gasteiger partial charge >= 0.3 is 5.97 Å². The third-order valence-corrected chi connectivity index (χ3v) is 3.97. The number of carbonyl (C=O) groups excluding carboxylic acids is 2. The van der Waals surface area contributed by atoms with Crippen LogP contribution in [0.25, 0.3) is 0 Å². The Balaban J connectivity index is 1.83. The van der Waals surface area contributed by atoms with Gasteiger partial charge in [-0.05, 0) is 36.1 Å². The monoisotopic (exact) mass is 330 g/mol. The summed E-state index contributed by atoms with van der Waals surface area (Å²) in [6.07, 6.45) is 4.99. The molecule has 0 saturated heterocycles. The molecule has 0 aliphatic rings. The summed E-state index contributed by atoms with van der Waals surface area (Å²) in [4.78, 5) is 30.3. The van der Waals surface area contributed by atoms with Crippen molar-refractivity contribution in [2.45, 2.75) is 11.4 Å². The molecule has 0 fully saturated rings. The first-order valence-corrected chi connectivity index (χ1v) is 8.26. The maximum absolute atomic E-state index is 12.0. The quantitative estimate of drug-likeness (QED) is 0.602. The van der Waals surface area contributed by atoms with Gasteiger partial charge in [-0.2, -0.15) is 0 Å². The lowest BCUT2D eigenvalue weighted by molar-refractivity contribution is -0.133. The summed E-state index contributed by atoms with van der Waals surface area (Å²) in [5.74, 6) is -0.805. The fraction of sp³-hybridized carbons (Fsp3) is 0.235. The molecule has 2 rings (SSSR count). The maximum atomic E-state index is 12.0. The normalized spacial score (nSPS) is 10.2. The van der Waals surface area contributed by atoms with Crippen LogP contribution in [0.1, 0.15) is 15.9 Å². The highest BCUT2D eigenvalue weighted by Gasteiger charge is 2.13. The van der Waals surface area contributed by atoms with Gasteiger partial charge < -0.3 is 9.64 Å². The van der Waals surface area contributed by atoms with Gasteiger partial charge in [-0.25, -0.2) is 4.79 Å². The van der Waals surface area contributed by atoms with E-state index in [1.54, 1.807) is 37.1 Å². The SMILES string of the molecule is CSc1ccc(CN(C)C(=O)COC(=O)c2cccnc2)cc1. The Hall–Kier alpha value is -2.34. The van der Waals surface area contributed by atoms with Crippen molar-refractivity contribution >= 4 is 23.6 Å². The lowest BCUT2D eigenvalue weighted by Crippen LogP contribution is -2.30. The van der Waals surface area contributed by atoms with E-state index in [4.69, 9.17) is 4.74 Å². The minimum Gasteiger partial charge on any atom is -0.452 e. The summed E-state index contributed by atoms with van der Waals surface area (Å²) in [7, 11) is 1.68. The number of ether oxygens (including phenoxy) is 1. The van der Waals surface area contributed by atoms with E-state index in [1.807, 2.05) is 30.5 Å². The second kappa shape index (κ2) is 8.33. The summed E-state index contributed by atoms with van der Waals surface area (Å²) in [6, 6.07) is 11.2. The lowest BCUT2D eigenvalue weighted by atomic mass is 10.2. The molecule has 0 spiro atoms. The zero-order valence-corrected chi connectivity index (χ0v) is 13.9. The standard InChI is InChI=1S/C17H18N2O3S/c1-19(11-13-5-7-15(23-2)8-6-13)16(20)12-22-17(21)14-4-3-9-18-10-14/h3-10H,11-12H2,1-2H3. The Morgan fingerprint density at radius 1 is 1.22 bits per heavy atom. The first-order chi connectivity index (χ1) is 11.1. The maximum Gasteiger partial charge on any atom is 0.340 e. The predicted molar refractivity (Wildman–Crippen MR) is 89.2 cm³/mol. The first-order valence-electron chi connectivity index (χ1n) is 7.04. The molecule has 0 atom stereocenters. The number of esters is 1. The molecule has 1 aromatic heterocycles. The van der Waals surface area contributed by atoms with Crippen molar-refractivity contribution in [1.82, 2.24) is 9.88 Å². The van der Waals surface area contributed by atoms with Crippen LogP contribution in [0.3, 0.4) is 0 Å². The van der Waals surface area contributed by atoms with Gasteiger partial charge in [-0.1, -0.05) is 12.1 Å². The van der Waals surface area contributed by atoms with Gasteiger partial charge in [-0.3, -0.25) is 9.78 Å². The Morgan fingerprint density at radius 2 is 1.96 bits per heavy atom. The highest BCUT2D eigenvalue weighted by atomic mass is 32.2. The van der Waals surface area contributed by atoms with Crippen molar-refractivity contribution < 1.29 is 14.3 Å². The number of hydrogen-bond donors (Lipinski definition) is 0. The minimum atomic E-state index is -0.552. The molecule has 0 radical (unpaired) electrons. The largest absolute Gasteiger partial charge is 0.452 e. The van der Waals surface area contributed by atoms with Crippen LogP contribution in [-0.2, 0) is 16.1 Å². The Morgan fingerprint density at radius 3 is 2.57 bits per heavy atom. The Bertz CT molecular complexity index is 659. The number of aromatic nitrogens is 1. The zero-order chi connectivity index (χ0) is 16.7. The van der Waals surface area contributed by atoms with Crippen LogP contribution in [0.4, 0.5) is 0 Å². The number of carbonyl (C=O) groups is 2. The van der Waals surface area contributed by atoms with Crippen LogP contribution < -0.4 is 0 Å². The van der Waals surface area contributed by atoms with Crippen molar-refractivity contribution in [2.24, 2.45) is 0 Å². The van der Waals surface area contributed by atoms with Crippen molar-refractivity contribution in [3.05, 3.63) is 59.9 Å². The molecule has 0 aliphatic carbocycles. The van der Waals surface area contributed by atoms with Gasteiger partial charge in [0, 0.05) is 30.9 Å². The summed E-state index contributed by atoms with van der Waals surface area (Å²) in [5.41, 5.74) is 1.35. The Labute approximate surface area is 139 Å². The number of likely N-dealkylation sites (N-methyl/N-ethyl adjacent to an activating group) is 1. The molecule has 6 heteroatoms. The highest BCUT2D eigenvalue weighted by molar-refractivity contribution is 7.98. The number of pyridine rings is 1. The van der Waals surface area contributed by atoms with E-state index < -0.39 is 5.97 Å². The molecule has 120 valence electrons. The smallest absolute Gasteiger partial charge is 0.340 e. The van der Waals surface area contributed by atoms with Crippen molar-refractivity contribution in [1.29, 1.82) is 0 Å². The van der Waals surface area contributed by atoms with Crippen molar-refractivity contribution in [3.8, 4) is 0 Å². The fourth-order valence-electron chi connectivity index (χ4n) is 1.90. The summed E-state index contributed by atoms with van der Waals surface area (Å²) < 4.78 is 5.01. The third kappa shape index (κ3) is 5.10. The fourth-order valence-corrected chi connectivity index (χ4v) is 2.31. The summed E-state index contributed by atoms with van der Waals surface area (Å²) >= 11 is 1.67. The number of benzene rings is 1. The molecule has 0 bridgehead atoms. The summed E-state index contributed by atoms with van der Waals surface area (Å²) in [6.45, 7) is 0.186. The van der Waals surface area contributed by atoms with Gasteiger partial charge in [0.25, 0.3) is 5.91 Å². The van der Waals surface area contributed by atoms with Crippen molar-refractivity contribution in [3.63, 3.8) is 0 Å². The van der Waals surface area contributed by atoms with Gasteiger partial charge in [0.15, 0.2) is 6.61 Å². The van der Waals surface area contributed by atoms with Gasteiger partial charge in [0.2, 0.25) is 0 Å². The molecule has 1 amide bonds. The van der Waals surface area contributed by atoms with Crippen LogP contribution in [0, 0.1) is 0 Å². The Kier molecular flexibility index (Phi) is 6.17. The van der Waals surface area contributed by atoms with Crippen LogP contribution in [0.5, 0.6) is 0 Å². The minimum absolute atomic E-state index is 0.254. The molecule has 2 aromatic rings. The van der Waals surface area contributed by atoms with E-state index >= 15 is 0 Å². The van der Waals surface area contributed by atoms with E-state index in [9.17, 15) is 9.59 Å². The molecule has 5 nitrogen and oxygen atoms in total. The lowest BCUT2D eigenvalue weighted by Gasteiger charge is -2.17. The van der Waals surface area contributed by atoms with Gasteiger partial charge in [0.05, 0.1) is 5.56 Å². The molecular weight excluding hydrogens is 312 g/mol. The topological polar surface area (TPSA) is 59.5 Å². The first kappa shape index (κ1) is 17.0. The molecule has 0 N–H and O–H groups in total. The molecule has 1 aromatic carbocycles. The molecule has 1 heterocycles. The molecule has 0 unspecified atom stereocenters. The number of thioether (sulfide) groups is 1. The van der Waals surface area contributed by atoms with Crippen LogP contribution >= 0.6 is 11.8 Å². The van der Waals surface area contributed by atoms with E-state index in [0.29, 0.717) is 12.1 Å². The molecular formula is C17H18N2O3S. The number of amides is 1. The van der Waals surface area contributed by atoms with Crippen molar-refractivity contribution in [2.75, 3.05) is 19.9 Å². The second-order valence-electron chi connectivity index (χ2n) is 4.92. The zero-order valence-electron chi connectivity index (χ0n) is 13.1. The number of rotatable bonds is 6. The average molecular weight is 330 g/mol. The number of nitrogens with zero attached hydrogens (tertiary/aromatic N) is 2. The van der Waals surface area contributed by atoms with Crippen LogP contribution in [0.2, 0.25) is 0 Å². The van der Waals surface area contributed by atoms with E-state index in [0.717, 1.165) is 5.56 Å². The highest BCUT2D eigenvalue weighted by Crippen LogP contribution is 2.15. The summed E-state index contributed by atoms with van der Waals surface area (Å²) in [5, 5.41) is 0. The third-order valence-electron chi connectivity index (χ3n) is 3.23.